The van der Waals surface area contributed by atoms with E-state index in [1.165, 1.54) is 5.57 Å². The van der Waals surface area contributed by atoms with Crippen molar-refractivity contribution < 1.29 is 0 Å². The molecular formula is C12H21N. The van der Waals surface area contributed by atoms with Gasteiger partial charge in [-0.1, -0.05) is 40.3 Å². The minimum absolute atomic E-state index is 0.464. The third-order valence-electron chi connectivity index (χ3n) is 1.95. The molecule has 0 atom stereocenters. The van der Waals surface area contributed by atoms with Crippen molar-refractivity contribution in [3.63, 3.8) is 0 Å². The molecule has 13 heavy (non-hydrogen) atoms. The summed E-state index contributed by atoms with van der Waals surface area (Å²) in [6.07, 6.45) is 3.77. The number of hydrogen-bond donors (Lipinski definition) is 0. The van der Waals surface area contributed by atoms with E-state index in [2.05, 4.69) is 39.3 Å². The van der Waals surface area contributed by atoms with Crippen LogP contribution in [0.4, 0.5) is 0 Å². The van der Waals surface area contributed by atoms with Crippen molar-refractivity contribution in [2.75, 3.05) is 0 Å². The van der Waals surface area contributed by atoms with E-state index < -0.39 is 0 Å². The molecule has 0 N–H and O–H groups in total. The molecule has 0 aliphatic rings. The van der Waals surface area contributed by atoms with Crippen LogP contribution in [0.2, 0.25) is 0 Å². The van der Waals surface area contributed by atoms with Crippen LogP contribution >= 0.6 is 0 Å². The van der Waals surface area contributed by atoms with Crippen molar-refractivity contribution >= 4 is 6.21 Å². The first-order valence-corrected chi connectivity index (χ1v) is 4.89. The van der Waals surface area contributed by atoms with Crippen LogP contribution in [0.3, 0.4) is 0 Å². The fourth-order valence-corrected chi connectivity index (χ4v) is 1.33. The van der Waals surface area contributed by atoms with Crippen LogP contribution in [0, 0.1) is 11.8 Å². The Morgan fingerprint density at radius 1 is 1.15 bits per heavy atom. The third kappa shape index (κ3) is 3.58. The first-order valence-electron chi connectivity index (χ1n) is 4.89. The molecule has 0 bridgehead atoms. The van der Waals surface area contributed by atoms with E-state index in [9.17, 15) is 0 Å². The van der Waals surface area contributed by atoms with Crippen LogP contribution in [0.1, 0.15) is 34.6 Å². The van der Waals surface area contributed by atoms with Gasteiger partial charge >= 0.3 is 0 Å². The summed E-state index contributed by atoms with van der Waals surface area (Å²) in [5.74, 6) is 0.963. The van der Waals surface area contributed by atoms with Gasteiger partial charge in [0.15, 0.2) is 0 Å². The Bertz CT molecular complexity index is 219. The van der Waals surface area contributed by atoms with Crippen molar-refractivity contribution in [3.8, 4) is 0 Å². The second-order valence-corrected chi connectivity index (χ2v) is 3.74. The highest BCUT2D eigenvalue weighted by Gasteiger charge is 2.09. The van der Waals surface area contributed by atoms with E-state index in [4.69, 9.17) is 0 Å². The molecule has 0 radical (unpaired) electrons. The highest BCUT2D eigenvalue weighted by Crippen LogP contribution is 2.22. The largest absolute Gasteiger partial charge is 0.265 e. The molecule has 0 unspecified atom stereocenters. The van der Waals surface area contributed by atoms with Gasteiger partial charge in [-0.2, -0.15) is 0 Å². The van der Waals surface area contributed by atoms with Gasteiger partial charge in [0.25, 0.3) is 0 Å². The Labute approximate surface area is 82.3 Å². The average Bonchev–Trinajstić information content (AvgIpc) is 2.03. The second-order valence-electron chi connectivity index (χ2n) is 3.74. The summed E-state index contributed by atoms with van der Waals surface area (Å²) >= 11 is 0. The van der Waals surface area contributed by atoms with Gasteiger partial charge in [-0.15, -0.1) is 0 Å². The Hall–Kier alpha value is -0.850. The van der Waals surface area contributed by atoms with Gasteiger partial charge in [0.2, 0.25) is 0 Å². The van der Waals surface area contributed by atoms with Gasteiger partial charge in [-0.25, -0.2) is 0 Å². The molecule has 0 saturated heterocycles. The summed E-state index contributed by atoms with van der Waals surface area (Å²) in [6, 6.07) is 0. The standard InChI is InChI=1S/C12H21N/c1-7-11(9(3)4)12(10(5)6)13-8-2/h7-10H,1H2,2-6H3/b12-11+,13-8?. The fourth-order valence-electron chi connectivity index (χ4n) is 1.33. The summed E-state index contributed by atoms with van der Waals surface area (Å²) in [7, 11) is 0. The molecule has 0 aliphatic carbocycles. The van der Waals surface area contributed by atoms with E-state index >= 15 is 0 Å². The van der Waals surface area contributed by atoms with E-state index in [0.717, 1.165) is 5.70 Å². The van der Waals surface area contributed by atoms with Crippen molar-refractivity contribution in [1.82, 2.24) is 0 Å². The summed E-state index contributed by atoms with van der Waals surface area (Å²) in [4.78, 5) is 4.40. The van der Waals surface area contributed by atoms with E-state index in [1.54, 1.807) is 0 Å². The minimum Gasteiger partial charge on any atom is -0.265 e. The van der Waals surface area contributed by atoms with E-state index in [-0.39, 0.29) is 0 Å². The maximum atomic E-state index is 4.40. The summed E-state index contributed by atoms with van der Waals surface area (Å²) < 4.78 is 0. The molecule has 0 aromatic carbocycles. The molecule has 1 heteroatoms. The van der Waals surface area contributed by atoms with Crippen LogP contribution in [0.15, 0.2) is 28.9 Å². The highest BCUT2D eigenvalue weighted by atomic mass is 14.7. The molecule has 0 spiro atoms. The van der Waals surface area contributed by atoms with Crippen molar-refractivity contribution in [1.29, 1.82) is 0 Å². The second kappa shape index (κ2) is 5.74. The van der Waals surface area contributed by atoms with E-state index in [0.29, 0.717) is 11.8 Å². The van der Waals surface area contributed by atoms with Crippen LogP contribution in [-0.2, 0) is 0 Å². The first kappa shape index (κ1) is 12.2. The monoisotopic (exact) mass is 179 g/mol. The molecule has 1 nitrogen and oxygen atoms in total. The molecule has 0 fully saturated rings. The Balaban J connectivity index is 5.12. The molecular weight excluding hydrogens is 158 g/mol. The maximum absolute atomic E-state index is 4.40. The third-order valence-corrected chi connectivity index (χ3v) is 1.95. The predicted molar refractivity (Wildman–Crippen MR) is 61.1 cm³/mol. The first-order chi connectivity index (χ1) is 6.04. The van der Waals surface area contributed by atoms with Crippen LogP contribution in [0.25, 0.3) is 0 Å². The van der Waals surface area contributed by atoms with Crippen molar-refractivity contribution in [2.45, 2.75) is 34.6 Å². The predicted octanol–water partition coefficient (Wildman–Crippen LogP) is 3.83. The van der Waals surface area contributed by atoms with Gasteiger partial charge in [0.1, 0.15) is 0 Å². The minimum atomic E-state index is 0.464. The summed E-state index contributed by atoms with van der Waals surface area (Å²) in [5.41, 5.74) is 2.42. The lowest BCUT2D eigenvalue weighted by Gasteiger charge is -2.14. The Morgan fingerprint density at radius 2 is 1.69 bits per heavy atom. The van der Waals surface area contributed by atoms with Crippen LogP contribution < -0.4 is 0 Å². The van der Waals surface area contributed by atoms with Crippen LogP contribution in [-0.4, -0.2) is 6.21 Å². The van der Waals surface area contributed by atoms with Gasteiger partial charge in [-0.05, 0) is 24.3 Å². The molecule has 0 aliphatic heterocycles. The maximum Gasteiger partial charge on any atom is 0.0459 e. The summed E-state index contributed by atoms with van der Waals surface area (Å²) in [5, 5.41) is 0. The number of allylic oxidation sites excluding steroid dienone is 3. The lowest BCUT2D eigenvalue weighted by molar-refractivity contribution is 0.699. The number of rotatable bonds is 4. The zero-order valence-corrected chi connectivity index (χ0v) is 9.46. The highest BCUT2D eigenvalue weighted by molar-refractivity contribution is 5.56. The molecule has 0 aromatic heterocycles. The Kier molecular flexibility index (Phi) is 5.36. The lowest BCUT2D eigenvalue weighted by atomic mass is 9.96. The smallest absolute Gasteiger partial charge is 0.0459 e. The zero-order valence-electron chi connectivity index (χ0n) is 9.46. The van der Waals surface area contributed by atoms with Gasteiger partial charge in [0, 0.05) is 11.9 Å². The van der Waals surface area contributed by atoms with Crippen molar-refractivity contribution in [2.24, 2.45) is 16.8 Å². The zero-order chi connectivity index (χ0) is 10.4. The van der Waals surface area contributed by atoms with Gasteiger partial charge in [0.05, 0.1) is 0 Å². The van der Waals surface area contributed by atoms with E-state index in [1.807, 2.05) is 19.2 Å². The SMILES string of the molecule is C=C/C(=C(\N=CC)C(C)C)C(C)C. The number of hydrogen-bond acceptors (Lipinski definition) is 1. The molecule has 74 valence electrons. The van der Waals surface area contributed by atoms with Crippen molar-refractivity contribution in [3.05, 3.63) is 23.9 Å². The van der Waals surface area contributed by atoms with Gasteiger partial charge in [-0.3, -0.25) is 4.99 Å². The summed E-state index contributed by atoms with van der Waals surface area (Å²) in [6.45, 7) is 14.4. The molecule has 0 rings (SSSR count). The quantitative estimate of drug-likeness (QED) is 0.459. The molecule has 0 aromatic rings. The normalized spacial score (nSPS) is 14.1. The number of aliphatic imine (C=N–C) groups is 1. The average molecular weight is 179 g/mol. The molecule has 0 heterocycles. The van der Waals surface area contributed by atoms with Gasteiger partial charge < -0.3 is 0 Å². The number of nitrogens with zero attached hydrogens (tertiary/aromatic N) is 1. The fraction of sp³-hybridized carbons (Fsp3) is 0.583. The van der Waals surface area contributed by atoms with Crippen LogP contribution in [0.5, 0.6) is 0 Å². The molecule has 0 amide bonds. The molecule has 0 saturated carbocycles. The lowest BCUT2D eigenvalue weighted by Crippen LogP contribution is -2.01. The Morgan fingerprint density at radius 3 is 1.92 bits per heavy atom. The topological polar surface area (TPSA) is 12.4 Å².